The van der Waals surface area contributed by atoms with Gasteiger partial charge < -0.3 is 0 Å². The van der Waals surface area contributed by atoms with Gasteiger partial charge in [-0.3, -0.25) is 40.0 Å². The summed E-state index contributed by atoms with van der Waals surface area (Å²) in [4.78, 5) is 42.3. The molecule has 14 heteroatoms. The summed E-state index contributed by atoms with van der Waals surface area (Å²) in [6.45, 7) is 1.28. The predicted octanol–water partition coefficient (Wildman–Crippen LogP) is 4.03. The predicted molar refractivity (Wildman–Crippen MR) is 90.8 cm³/mol. The lowest BCUT2D eigenvalue weighted by molar-refractivity contribution is -0.393. The summed E-state index contributed by atoms with van der Waals surface area (Å²) in [7, 11) is 0. The van der Waals surface area contributed by atoms with E-state index >= 15 is 0 Å². The largest absolute Gasteiger partial charge is 0.416 e. The molecular weight excluding hydrogens is 405 g/mol. The SMILES string of the molecule is Cc1cccc([N+](=O)[O-])c1N(C=O)c1c([N+](=O)[O-])cc(C(F)(F)F)cc1[N+](=O)[O-]. The van der Waals surface area contributed by atoms with Crippen LogP contribution in [0.2, 0.25) is 0 Å². The molecule has 0 aliphatic heterocycles. The molecule has 0 N–H and O–H groups in total. The maximum Gasteiger partial charge on any atom is 0.416 e. The first-order valence-corrected chi connectivity index (χ1v) is 7.42. The highest BCUT2D eigenvalue weighted by Gasteiger charge is 2.40. The third kappa shape index (κ3) is 3.95. The number of nitro groups is 3. The topological polar surface area (TPSA) is 150 Å². The third-order valence-corrected chi connectivity index (χ3v) is 3.79. The van der Waals surface area contributed by atoms with Gasteiger partial charge in [-0.15, -0.1) is 0 Å². The zero-order valence-corrected chi connectivity index (χ0v) is 14.2. The first-order valence-electron chi connectivity index (χ1n) is 7.42. The molecule has 0 radical (unpaired) electrons. The van der Waals surface area contributed by atoms with E-state index in [2.05, 4.69) is 0 Å². The van der Waals surface area contributed by atoms with Crippen LogP contribution in [0.4, 0.5) is 41.6 Å². The van der Waals surface area contributed by atoms with Gasteiger partial charge >= 0.3 is 17.6 Å². The fourth-order valence-corrected chi connectivity index (χ4v) is 2.61. The molecule has 0 aliphatic rings. The molecule has 0 saturated carbocycles. The summed E-state index contributed by atoms with van der Waals surface area (Å²) in [6, 6.07) is 3.47. The molecule has 0 saturated heterocycles. The highest BCUT2D eigenvalue weighted by molar-refractivity contribution is 5.98. The Morgan fingerprint density at radius 1 is 0.897 bits per heavy atom. The van der Waals surface area contributed by atoms with Gasteiger partial charge in [-0.2, -0.15) is 13.2 Å². The molecule has 2 aromatic carbocycles. The standard InChI is InChI=1S/C15H9F3N4O7/c1-8-3-2-4-10(20(24)25)13(8)19(7-23)14-11(21(26)27)5-9(15(16,17)18)6-12(14)22(28)29/h2-7H,1H3. The molecule has 0 spiro atoms. The summed E-state index contributed by atoms with van der Waals surface area (Å²) in [5.41, 5.74) is -6.94. The van der Waals surface area contributed by atoms with Crippen molar-refractivity contribution in [2.75, 3.05) is 4.90 Å². The average molecular weight is 414 g/mol. The second kappa shape index (κ2) is 7.49. The van der Waals surface area contributed by atoms with Gasteiger partial charge in [-0.1, -0.05) is 12.1 Å². The Hall–Kier alpha value is -4.10. The number of nitro benzene ring substituents is 3. The van der Waals surface area contributed by atoms with E-state index < -0.39 is 54.9 Å². The number of nitrogens with zero attached hydrogens (tertiary/aromatic N) is 4. The zero-order valence-electron chi connectivity index (χ0n) is 14.2. The minimum atomic E-state index is -5.16. The van der Waals surface area contributed by atoms with E-state index in [0.29, 0.717) is 0 Å². The number of aryl methyl sites for hydroxylation is 1. The molecule has 1 amide bonds. The van der Waals surface area contributed by atoms with Gasteiger partial charge in [-0.05, 0) is 12.5 Å². The number of alkyl halides is 3. The van der Waals surface area contributed by atoms with Crippen molar-refractivity contribution in [3.63, 3.8) is 0 Å². The number of rotatable bonds is 6. The number of carbonyl (C=O) groups is 1. The van der Waals surface area contributed by atoms with Crippen LogP contribution in [0.5, 0.6) is 0 Å². The van der Waals surface area contributed by atoms with Crippen LogP contribution < -0.4 is 4.90 Å². The van der Waals surface area contributed by atoms with E-state index in [1.54, 1.807) is 0 Å². The molecule has 152 valence electrons. The molecule has 0 fully saturated rings. The number of hydrogen-bond acceptors (Lipinski definition) is 7. The average Bonchev–Trinajstić information content (AvgIpc) is 2.61. The van der Waals surface area contributed by atoms with Crippen molar-refractivity contribution in [2.24, 2.45) is 0 Å². The Bertz CT molecular complexity index is 1000. The quantitative estimate of drug-likeness (QED) is 0.393. The summed E-state index contributed by atoms with van der Waals surface area (Å²) in [5, 5.41) is 34.0. The van der Waals surface area contributed by atoms with Crippen LogP contribution in [0.25, 0.3) is 0 Å². The minimum absolute atomic E-state index is 0.0168. The van der Waals surface area contributed by atoms with Gasteiger partial charge in [0.2, 0.25) is 12.1 Å². The van der Waals surface area contributed by atoms with Crippen LogP contribution >= 0.6 is 0 Å². The number of para-hydroxylation sites is 1. The van der Waals surface area contributed by atoms with Crippen molar-refractivity contribution in [3.05, 3.63) is 71.8 Å². The van der Waals surface area contributed by atoms with Crippen LogP contribution in [0.1, 0.15) is 11.1 Å². The molecule has 0 atom stereocenters. The van der Waals surface area contributed by atoms with E-state index in [9.17, 15) is 48.3 Å². The number of benzene rings is 2. The van der Waals surface area contributed by atoms with Crippen LogP contribution in [-0.2, 0) is 11.0 Å². The van der Waals surface area contributed by atoms with Crippen molar-refractivity contribution in [3.8, 4) is 0 Å². The first kappa shape index (κ1) is 21.2. The molecule has 0 bridgehead atoms. The van der Waals surface area contributed by atoms with E-state index in [1.165, 1.54) is 19.1 Å². The summed E-state index contributed by atoms with van der Waals surface area (Å²) in [5.74, 6) is 0. The Labute approximate surface area is 158 Å². The highest BCUT2D eigenvalue weighted by Crippen LogP contribution is 2.47. The lowest BCUT2D eigenvalue weighted by Gasteiger charge is -2.20. The number of amides is 1. The summed E-state index contributed by atoms with van der Waals surface area (Å²) >= 11 is 0. The van der Waals surface area contributed by atoms with Crippen molar-refractivity contribution in [1.82, 2.24) is 0 Å². The molecule has 2 rings (SSSR count). The summed E-state index contributed by atoms with van der Waals surface area (Å²) in [6.07, 6.45) is -5.34. The number of carbonyl (C=O) groups excluding carboxylic acids is 1. The Morgan fingerprint density at radius 2 is 1.38 bits per heavy atom. The third-order valence-electron chi connectivity index (χ3n) is 3.79. The monoisotopic (exact) mass is 414 g/mol. The van der Waals surface area contributed by atoms with Crippen LogP contribution in [0.3, 0.4) is 0 Å². The van der Waals surface area contributed by atoms with E-state index in [1.807, 2.05) is 0 Å². The normalized spacial score (nSPS) is 11.0. The number of halogens is 3. The van der Waals surface area contributed by atoms with Crippen molar-refractivity contribution in [2.45, 2.75) is 13.1 Å². The molecular formula is C15H9F3N4O7. The smallest absolute Gasteiger partial charge is 0.278 e. The van der Waals surface area contributed by atoms with Crippen LogP contribution in [0.15, 0.2) is 30.3 Å². The molecule has 0 unspecified atom stereocenters. The highest BCUT2D eigenvalue weighted by atomic mass is 19.4. The lowest BCUT2D eigenvalue weighted by Crippen LogP contribution is -2.20. The number of anilines is 2. The van der Waals surface area contributed by atoms with Crippen molar-refractivity contribution < 1.29 is 32.7 Å². The van der Waals surface area contributed by atoms with E-state index in [4.69, 9.17) is 0 Å². The van der Waals surface area contributed by atoms with Gasteiger partial charge in [0.1, 0.15) is 5.69 Å². The molecule has 11 nitrogen and oxygen atoms in total. The van der Waals surface area contributed by atoms with Crippen molar-refractivity contribution >= 4 is 34.8 Å². The van der Waals surface area contributed by atoms with Crippen LogP contribution in [0, 0.1) is 37.3 Å². The molecule has 0 heterocycles. The van der Waals surface area contributed by atoms with Crippen LogP contribution in [-0.4, -0.2) is 21.2 Å². The van der Waals surface area contributed by atoms with Gasteiger partial charge in [-0.25, -0.2) is 0 Å². The molecule has 29 heavy (non-hydrogen) atoms. The molecule has 2 aromatic rings. The summed E-state index contributed by atoms with van der Waals surface area (Å²) < 4.78 is 39.1. The minimum Gasteiger partial charge on any atom is -0.278 e. The first-order chi connectivity index (χ1) is 13.4. The second-order valence-corrected chi connectivity index (χ2v) is 5.55. The fourth-order valence-electron chi connectivity index (χ4n) is 2.61. The van der Waals surface area contributed by atoms with Gasteiger partial charge in [0.25, 0.3) is 5.69 Å². The maximum absolute atomic E-state index is 13.0. The van der Waals surface area contributed by atoms with Gasteiger partial charge in [0.15, 0.2) is 0 Å². The van der Waals surface area contributed by atoms with Crippen molar-refractivity contribution in [1.29, 1.82) is 0 Å². The van der Waals surface area contributed by atoms with Gasteiger partial charge in [0.05, 0.1) is 20.3 Å². The second-order valence-electron chi connectivity index (χ2n) is 5.55. The van der Waals surface area contributed by atoms with Gasteiger partial charge in [0, 0.05) is 18.2 Å². The Kier molecular flexibility index (Phi) is 5.48. The number of hydrogen-bond donors (Lipinski definition) is 0. The fraction of sp³-hybridized carbons (Fsp3) is 0.133. The van der Waals surface area contributed by atoms with E-state index in [-0.39, 0.29) is 29.0 Å². The maximum atomic E-state index is 13.0. The Morgan fingerprint density at radius 3 is 1.76 bits per heavy atom. The van der Waals surface area contributed by atoms with E-state index in [0.717, 1.165) is 6.07 Å². The Balaban J connectivity index is 2.99. The molecule has 0 aliphatic carbocycles. The molecule has 0 aromatic heterocycles. The zero-order chi connectivity index (χ0) is 22.1. The lowest BCUT2D eigenvalue weighted by atomic mass is 10.1.